The van der Waals surface area contributed by atoms with E-state index in [9.17, 15) is 14.4 Å². The Hall–Kier alpha value is -3.88. The molecule has 0 spiro atoms. The molecule has 190 valence electrons. The average molecular weight is 587 g/mol. The van der Waals surface area contributed by atoms with Crippen LogP contribution in [0.3, 0.4) is 0 Å². The lowest BCUT2D eigenvalue weighted by atomic mass is 10.1. The van der Waals surface area contributed by atoms with Crippen molar-refractivity contribution in [2.24, 2.45) is 0 Å². The van der Waals surface area contributed by atoms with E-state index < -0.39 is 0 Å². The summed E-state index contributed by atoms with van der Waals surface area (Å²) in [5.74, 6) is -0.102. The third-order valence-corrected chi connectivity index (χ3v) is 7.47. The van der Waals surface area contributed by atoms with Crippen LogP contribution in [0.5, 0.6) is 5.75 Å². The lowest BCUT2D eigenvalue weighted by molar-refractivity contribution is -0.123. The third kappa shape index (κ3) is 5.98. The number of ether oxygens (including phenoxy) is 1. The quantitative estimate of drug-likeness (QED) is 0.232. The van der Waals surface area contributed by atoms with Crippen molar-refractivity contribution in [3.63, 3.8) is 0 Å². The van der Waals surface area contributed by atoms with Gasteiger partial charge in [-0.05, 0) is 98.5 Å². The molecule has 6 nitrogen and oxygen atoms in total. The standard InChI is InChI=1S/C30H23BrN2O4S/c1-19-5-4-8-24(13-19)32-28(34)18-37-26-12-10-20(15-25(26)31)16-27-29(35)33(30(36)38-27)17-21-9-11-22-6-2-3-7-23(22)14-21/h2-16H,17-18H2,1H3,(H,32,34)/b27-16-. The van der Waals surface area contributed by atoms with E-state index in [1.165, 1.54) is 4.90 Å². The maximum Gasteiger partial charge on any atom is 0.293 e. The van der Waals surface area contributed by atoms with Gasteiger partial charge in [0.05, 0.1) is 15.9 Å². The molecule has 1 heterocycles. The maximum atomic E-state index is 13.0. The van der Waals surface area contributed by atoms with Gasteiger partial charge in [0.25, 0.3) is 17.1 Å². The van der Waals surface area contributed by atoms with Crippen molar-refractivity contribution in [1.29, 1.82) is 0 Å². The molecule has 1 aliphatic rings. The van der Waals surface area contributed by atoms with Crippen LogP contribution < -0.4 is 10.1 Å². The van der Waals surface area contributed by atoms with E-state index in [2.05, 4.69) is 21.2 Å². The number of nitrogens with zero attached hydrogens (tertiary/aromatic N) is 1. The van der Waals surface area contributed by atoms with Crippen LogP contribution in [-0.2, 0) is 16.1 Å². The summed E-state index contributed by atoms with van der Waals surface area (Å²) in [7, 11) is 0. The fraction of sp³-hybridized carbons (Fsp3) is 0.100. The Morgan fingerprint density at radius 2 is 1.79 bits per heavy atom. The minimum Gasteiger partial charge on any atom is -0.483 e. The molecule has 4 aromatic carbocycles. The molecule has 0 radical (unpaired) electrons. The van der Waals surface area contributed by atoms with Gasteiger partial charge in [0.15, 0.2) is 6.61 Å². The summed E-state index contributed by atoms with van der Waals surface area (Å²) in [6.45, 7) is 2.02. The predicted molar refractivity (Wildman–Crippen MR) is 155 cm³/mol. The van der Waals surface area contributed by atoms with Gasteiger partial charge in [-0.1, -0.05) is 54.6 Å². The average Bonchev–Trinajstić information content (AvgIpc) is 3.15. The Morgan fingerprint density at radius 1 is 0.974 bits per heavy atom. The summed E-state index contributed by atoms with van der Waals surface area (Å²) in [4.78, 5) is 39.5. The van der Waals surface area contributed by atoms with E-state index in [4.69, 9.17) is 4.74 Å². The summed E-state index contributed by atoms with van der Waals surface area (Å²) in [5.41, 5.74) is 3.38. The van der Waals surface area contributed by atoms with Gasteiger partial charge in [0.1, 0.15) is 5.75 Å². The number of hydrogen-bond acceptors (Lipinski definition) is 5. The fourth-order valence-corrected chi connectivity index (χ4v) is 5.44. The zero-order chi connectivity index (χ0) is 26.6. The molecule has 1 fully saturated rings. The molecule has 3 amide bonds. The summed E-state index contributed by atoms with van der Waals surface area (Å²) in [5, 5.41) is 4.68. The minimum atomic E-state index is -0.322. The Morgan fingerprint density at radius 3 is 2.58 bits per heavy atom. The van der Waals surface area contributed by atoms with E-state index in [1.54, 1.807) is 24.3 Å². The molecule has 0 atom stereocenters. The van der Waals surface area contributed by atoms with Crippen molar-refractivity contribution in [2.45, 2.75) is 13.5 Å². The monoisotopic (exact) mass is 586 g/mol. The Labute approximate surface area is 232 Å². The van der Waals surface area contributed by atoms with Crippen molar-refractivity contribution >= 4 is 67.3 Å². The van der Waals surface area contributed by atoms with E-state index in [1.807, 2.05) is 73.7 Å². The number of anilines is 1. The number of carbonyl (C=O) groups is 3. The number of thioether (sulfide) groups is 1. The van der Waals surface area contributed by atoms with Crippen LogP contribution in [0.2, 0.25) is 0 Å². The number of nitrogens with one attached hydrogen (secondary N) is 1. The van der Waals surface area contributed by atoms with Gasteiger partial charge in [-0.25, -0.2) is 0 Å². The number of amides is 3. The van der Waals surface area contributed by atoms with Crippen molar-refractivity contribution in [1.82, 2.24) is 4.90 Å². The highest BCUT2D eigenvalue weighted by molar-refractivity contribution is 9.10. The molecule has 0 bridgehead atoms. The van der Waals surface area contributed by atoms with E-state index in [0.717, 1.165) is 39.2 Å². The fourth-order valence-electron chi connectivity index (χ4n) is 4.09. The molecule has 1 saturated heterocycles. The largest absolute Gasteiger partial charge is 0.483 e. The number of halogens is 1. The van der Waals surface area contributed by atoms with E-state index in [0.29, 0.717) is 20.8 Å². The minimum absolute atomic E-state index is 0.153. The first kappa shape index (κ1) is 25.8. The lowest BCUT2D eigenvalue weighted by Crippen LogP contribution is -2.27. The summed E-state index contributed by atoms with van der Waals surface area (Å²) in [6.07, 6.45) is 1.68. The Balaban J connectivity index is 1.22. The number of fused-ring (bicyclic) bond motifs is 1. The Bertz CT molecular complexity index is 1600. The van der Waals surface area contributed by atoms with Crippen LogP contribution in [0, 0.1) is 6.92 Å². The number of imide groups is 1. The molecule has 4 aromatic rings. The second-order valence-corrected chi connectivity index (χ2v) is 10.7. The van der Waals surface area contributed by atoms with Crippen LogP contribution in [0.1, 0.15) is 16.7 Å². The first-order valence-corrected chi connectivity index (χ1v) is 13.5. The van der Waals surface area contributed by atoms with Gasteiger partial charge in [-0.3, -0.25) is 19.3 Å². The van der Waals surface area contributed by atoms with E-state index in [-0.39, 0.29) is 30.2 Å². The van der Waals surface area contributed by atoms with Gasteiger partial charge in [0, 0.05) is 5.69 Å². The zero-order valence-electron chi connectivity index (χ0n) is 20.4. The highest BCUT2D eigenvalue weighted by Gasteiger charge is 2.35. The number of aryl methyl sites for hydroxylation is 1. The second kappa shape index (κ2) is 11.2. The molecule has 38 heavy (non-hydrogen) atoms. The van der Waals surface area contributed by atoms with Gasteiger partial charge in [-0.2, -0.15) is 0 Å². The number of hydrogen-bond donors (Lipinski definition) is 1. The molecule has 0 unspecified atom stereocenters. The molecule has 0 aromatic heterocycles. The third-order valence-electron chi connectivity index (χ3n) is 5.94. The Kier molecular flexibility index (Phi) is 7.62. The first-order chi connectivity index (χ1) is 18.4. The molecule has 1 N–H and O–H groups in total. The number of rotatable bonds is 7. The summed E-state index contributed by atoms with van der Waals surface area (Å²) < 4.78 is 6.29. The van der Waals surface area contributed by atoms with Gasteiger partial charge >= 0.3 is 0 Å². The molecule has 5 rings (SSSR count). The molecule has 0 aliphatic carbocycles. The smallest absolute Gasteiger partial charge is 0.293 e. The van der Waals surface area contributed by atoms with Crippen molar-refractivity contribution in [3.8, 4) is 5.75 Å². The zero-order valence-corrected chi connectivity index (χ0v) is 22.8. The van der Waals surface area contributed by atoms with Crippen LogP contribution >= 0.6 is 27.7 Å². The van der Waals surface area contributed by atoms with Gasteiger partial charge in [0.2, 0.25) is 0 Å². The van der Waals surface area contributed by atoms with Crippen LogP contribution in [0.4, 0.5) is 10.5 Å². The predicted octanol–water partition coefficient (Wildman–Crippen LogP) is 7.16. The highest BCUT2D eigenvalue weighted by atomic mass is 79.9. The van der Waals surface area contributed by atoms with Gasteiger partial charge < -0.3 is 10.1 Å². The van der Waals surface area contributed by atoms with Crippen molar-refractivity contribution in [2.75, 3.05) is 11.9 Å². The summed E-state index contributed by atoms with van der Waals surface area (Å²) >= 11 is 4.40. The van der Waals surface area contributed by atoms with Gasteiger partial charge in [-0.15, -0.1) is 0 Å². The van der Waals surface area contributed by atoms with E-state index >= 15 is 0 Å². The maximum absolute atomic E-state index is 13.0. The molecule has 1 aliphatic heterocycles. The SMILES string of the molecule is Cc1cccc(NC(=O)COc2ccc(/C=C3\SC(=O)N(Cc4ccc5ccccc5c4)C3=O)cc2Br)c1. The summed E-state index contributed by atoms with van der Waals surface area (Å²) in [6, 6.07) is 26.7. The van der Waals surface area contributed by atoms with Crippen LogP contribution in [0.15, 0.2) is 94.3 Å². The molecule has 8 heteroatoms. The van der Waals surface area contributed by atoms with Crippen LogP contribution in [0.25, 0.3) is 16.8 Å². The number of benzene rings is 4. The highest BCUT2D eigenvalue weighted by Crippen LogP contribution is 2.35. The van der Waals surface area contributed by atoms with Crippen molar-refractivity contribution in [3.05, 3.63) is 111 Å². The number of carbonyl (C=O) groups excluding carboxylic acids is 3. The first-order valence-electron chi connectivity index (χ1n) is 11.9. The lowest BCUT2D eigenvalue weighted by Gasteiger charge is -2.13. The topological polar surface area (TPSA) is 75.7 Å². The molecule has 0 saturated carbocycles. The normalized spacial score (nSPS) is 14.4. The van der Waals surface area contributed by atoms with Crippen molar-refractivity contribution < 1.29 is 19.1 Å². The second-order valence-electron chi connectivity index (χ2n) is 8.85. The molecular weight excluding hydrogens is 564 g/mol. The van der Waals surface area contributed by atoms with Crippen LogP contribution in [-0.4, -0.2) is 28.6 Å². The molecular formula is C30H23BrN2O4S.